The van der Waals surface area contributed by atoms with Crippen LogP contribution in [0.1, 0.15) is 51.4 Å². The molecule has 4 heteroatoms. The van der Waals surface area contributed by atoms with Crippen molar-refractivity contribution in [3.8, 4) is 0 Å². The summed E-state index contributed by atoms with van der Waals surface area (Å²) in [5.41, 5.74) is 0. The Balaban J connectivity index is 2.04. The molecule has 0 spiro atoms. The molecule has 0 fully saturated rings. The Kier molecular flexibility index (Phi) is 6.33. The average molecular weight is 252 g/mol. The Morgan fingerprint density at radius 2 is 1.78 bits per heavy atom. The van der Waals surface area contributed by atoms with Crippen LogP contribution < -0.4 is 0 Å². The van der Waals surface area contributed by atoms with E-state index in [1.807, 2.05) is 0 Å². The quantitative estimate of drug-likeness (QED) is 0.674. The number of carbonyl (C=O) groups is 3. The number of carboxylic acids is 1. The third kappa shape index (κ3) is 5.75. The van der Waals surface area contributed by atoms with Crippen LogP contribution in [0.5, 0.6) is 0 Å². The first kappa shape index (κ1) is 14.6. The van der Waals surface area contributed by atoms with Gasteiger partial charge in [0.05, 0.1) is 0 Å². The Hall–Kier alpha value is -1.45. The van der Waals surface area contributed by atoms with E-state index in [-0.39, 0.29) is 23.9 Å². The fourth-order valence-corrected chi connectivity index (χ4v) is 2.16. The summed E-state index contributed by atoms with van der Waals surface area (Å²) in [5, 5.41) is 8.46. The molecule has 0 saturated heterocycles. The van der Waals surface area contributed by atoms with Gasteiger partial charge in [-0.1, -0.05) is 25.7 Å². The normalized spacial score (nSPS) is 19.2. The number of carboxylic acid groups (broad SMARTS) is 1. The van der Waals surface area contributed by atoms with Gasteiger partial charge in [0.2, 0.25) is 0 Å². The van der Waals surface area contributed by atoms with Gasteiger partial charge in [-0.25, -0.2) is 0 Å². The summed E-state index contributed by atoms with van der Waals surface area (Å²) < 4.78 is 0. The maximum Gasteiger partial charge on any atom is 0.303 e. The van der Waals surface area contributed by atoms with Gasteiger partial charge < -0.3 is 5.11 Å². The molecule has 0 heterocycles. The Labute approximate surface area is 107 Å². The summed E-state index contributed by atoms with van der Waals surface area (Å²) in [6.07, 6.45) is 8.70. The standard InChI is InChI=1S/C14H20O4/c15-12-8-9-13(16)11(10-12)6-4-2-1-3-5-7-14(17)18/h8-9,11H,1-7,10H2,(H,17,18). The SMILES string of the molecule is O=C(O)CCCCCCCC1CC(=O)C=CC1=O. The fraction of sp³-hybridized carbons (Fsp3) is 0.643. The molecule has 4 nitrogen and oxygen atoms in total. The molecule has 100 valence electrons. The zero-order chi connectivity index (χ0) is 13.4. The molecule has 0 saturated carbocycles. The second-order valence-electron chi connectivity index (χ2n) is 4.80. The van der Waals surface area contributed by atoms with Gasteiger partial charge in [-0.15, -0.1) is 0 Å². The van der Waals surface area contributed by atoms with Crippen LogP contribution in [0.15, 0.2) is 12.2 Å². The molecule has 1 atom stereocenters. The second-order valence-corrected chi connectivity index (χ2v) is 4.80. The molecule has 18 heavy (non-hydrogen) atoms. The lowest BCUT2D eigenvalue weighted by Gasteiger charge is -2.15. The largest absolute Gasteiger partial charge is 0.481 e. The number of aliphatic carboxylic acids is 1. The highest BCUT2D eigenvalue weighted by molar-refractivity contribution is 6.05. The zero-order valence-electron chi connectivity index (χ0n) is 10.6. The second kappa shape index (κ2) is 7.80. The number of allylic oxidation sites excluding steroid dienone is 2. The Morgan fingerprint density at radius 3 is 2.50 bits per heavy atom. The van der Waals surface area contributed by atoms with Gasteiger partial charge in [-0.05, 0) is 25.0 Å². The van der Waals surface area contributed by atoms with Crippen LogP contribution in [-0.2, 0) is 14.4 Å². The van der Waals surface area contributed by atoms with Gasteiger partial charge in [0.1, 0.15) is 0 Å². The van der Waals surface area contributed by atoms with Gasteiger partial charge in [-0.3, -0.25) is 14.4 Å². The number of unbranched alkanes of at least 4 members (excludes halogenated alkanes) is 4. The van der Waals surface area contributed by atoms with Gasteiger partial charge in [0.15, 0.2) is 11.6 Å². The molecular formula is C14H20O4. The molecule has 0 bridgehead atoms. The van der Waals surface area contributed by atoms with E-state index in [1.54, 1.807) is 0 Å². The van der Waals surface area contributed by atoms with Crippen LogP contribution in [0.25, 0.3) is 0 Å². The smallest absolute Gasteiger partial charge is 0.303 e. The summed E-state index contributed by atoms with van der Waals surface area (Å²) >= 11 is 0. The van der Waals surface area contributed by atoms with Crippen molar-refractivity contribution in [1.82, 2.24) is 0 Å². The molecule has 1 rings (SSSR count). The molecule has 1 aliphatic carbocycles. The van der Waals surface area contributed by atoms with Crippen molar-refractivity contribution >= 4 is 17.5 Å². The van der Waals surface area contributed by atoms with Crippen molar-refractivity contribution < 1.29 is 19.5 Å². The number of hydrogen-bond donors (Lipinski definition) is 1. The first-order valence-corrected chi connectivity index (χ1v) is 6.56. The first-order valence-electron chi connectivity index (χ1n) is 6.56. The lowest BCUT2D eigenvalue weighted by Crippen LogP contribution is -2.20. The van der Waals surface area contributed by atoms with Crippen molar-refractivity contribution in [2.24, 2.45) is 5.92 Å². The topological polar surface area (TPSA) is 71.4 Å². The summed E-state index contributed by atoms with van der Waals surface area (Å²) in [7, 11) is 0. The molecule has 0 aromatic carbocycles. The minimum Gasteiger partial charge on any atom is -0.481 e. The minimum absolute atomic E-state index is 0.0426. The Morgan fingerprint density at radius 1 is 1.11 bits per heavy atom. The Bertz CT molecular complexity index is 344. The van der Waals surface area contributed by atoms with Crippen LogP contribution in [0.2, 0.25) is 0 Å². The van der Waals surface area contributed by atoms with E-state index in [2.05, 4.69) is 0 Å². The maximum absolute atomic E-state index is 11.5. The number of carbonyl (C=O) groups excluding carboxylic acids is 2. The van der Waals surface area contributed by atoms with E-state index in [1.165, 1.54) is 12.2 Å². The van der Waals surface area contributed by atoms with Crippen LogP contribution in [0.3, 0.4) is 0 Å². The van der Waals surface area contributed by atoms with Crippen molar-refractivity contribution in [3.05, 3.63) is 12.2 Å². The van der Waals surface area contributed by atoms with Crippen LogP contribution in [-0.4, -0.2) is 22.6 Å². The van der Waals surface area contributed by atoms with Crippen molar-refractivity contribution in [1.29, 1.82) is 0 Å². The van der Waals surface area contributed by atoms with Crippen molar-refractivity contribution in [2.75, 3.05) is 0 Å². The van der Waals surface area contributed by atoms with Crippen molar-refractivity contribution in [3.63, 3.8) is 0 Å². The monoisotopic (exact) mass is 252 g/mol. The summed E-state index contributed by atoms with van der Waals surface area (Å²) in [5.74, 6) is -0.754. The third-order valence-corrected chi connectivity index (χ3v) is 3.23. The number of hydrogen-bond acceptors (Lipinski definition) is 3. The van der Waals surface area contributed by atoms with Crippen LogP contribution >= 0.6 is 0 Å². The predicted molar refractivity (Wildman–Crippen MR) is 67.2 cm³/mol. The van der Waals surface area contributed by atoms with Gasteiger partial charge in [0, 0.05) is 18.8 Å². The number of rotatable bonds is 8. The van der Waals surface area contributed by atoms with E-state index >= 15 is 0 Å². The predicted octanol–water partition coefficient (Wildman–Crippen LogP) is 2.52. The molecular weight excluding hydrogens is 232 g/mol. The zero-order valence-corrected chi connectivity index (χ0v) is 10.6. The lowest BCUT2D eigenvalue weighted by atomic mass is 9.88. The summed E-state index contributed by atoms with van der Waals surface area (Å²) in [6, 6.07) is 0. The molecule has 0 aliphatic heterocycles. The van der Waals surface area contributed by atoms with E-state index in [4.69, 9.17) is 5.11 Å². The molecule has 0 amide bonds. The first-order chi connectivity index (χ1) is 8.59. The molecule has 0 aromatic heterocycles. The average Bonchev–Trinajstić information content (AvgIpc) is 2.32. The molecule has 1 N–H and O–H groups in total. The van der Waals surface area contributed by atoms with E-state index in [9.17, 15) is 14.4 Å². The molecule has 0 radical (unpaired) electrons. The maximum atomic E-state index is 11.5. The highest BCUT2D eigenvalue weighted by Crippen LogP contribution is 2.20. The summed E-state index contributed by atoms with van der Waals surface area (Å²) in [6.45, 7) is 0. The fourth-order valence-electron chi connectivity index (χ4n) is 2.16. The molecule has 1 unspecified atom stereocenters. The minimum atomic E-state index is -0.742. The van der Waals surface area contributed by atoms with Gasteiger partial charge in [0.25, 0.3) is 0 Å². The number of ketones is 2. The highest BCUT2D eigenvalue weighted by atomic mass is 16.4. The van der Waals surface area contributed by atoms with E-state index in [0.29, 0.717) is 6.42 Å². The van der Waals surface area contributed by atoms with E-state index < -0.39 is 5.97 Å². The van der Waals surface area contributed by atoms with Gasteiger partial charge in [-0.2, -0.15) is 0 Å². The summed E-state index contributed by atoms with van der Waals surface area (Å²) in [4.78, 5) is 32.9. The van der Waals surface area contributed by atoms with Crippen LogP contribution in [0.4, 0.5) is 0 Å². The molecule has 0 aromatic rings. The lowest BCUT2D eigenvalue weighted by molar-refractivity contribution is -0.137. The highest BCUT2D eigenvalue weighted by Gasteiger charge is 2.22. The third-order valence-electron chi connectivity index (χ3n) is 3.23. The van der Waals surface area contributed by atoms with Gasteiger partial charge >= 0.3 is 5.97 Å². The molecule has 1 aliphatic rings. The van der Waals surface area contributed by atoms with E-state index in [0.717, 1.165) is 38.5 Å². The van der Waals surface area contributed by atoms with Crippen molar-refractivity contribution in [2.45, 2.75) is 51.4 Å². The van der Waals surface area contributed by atoms with Crippen LogP contribution in [0, 0.1) is 5.92 Å².